The molecule has 0 saturated carbocycles. The zero-order valence-electron chi connectivity index (χ0n) is 11.0. The van der Waals surface area contributed by atoms with E-state index >= 15 is 0 Å². The van der Waals surface area contributed by atoms with Crippen LogP contribution in [0.3, 0.4) is 0 Å². The summed E-state index contributed by atoms with van der Waals surface area (Å²) in [6.07, 6.45) is -4.13. The smallest absolute Gasteiger partial charge is 0.406 e. The molecule has 0 aliphatic heterocycles. The molecular weight excluding hydrogens is 265 g/mol. The molecule has 0 radical (unpaired) electrons. The second-order valence-electron chi connectivity index (χ2n) is 4.36. The molecule has 0 aliphatic carbocycles. The number of hydrogen-bond donors (Lipinski definition) is 2. The molecule has 0 fully saturated rings. The van der Waals surface area contributed by atoms with Crippen molar-refractivity contribution in [1.82, 2.24) is 4.90 Å². The van der Waals surface area contributed by atoms with Gasteiger partial charge in [0.25, 0.3) is 0 Å². The van der Waals surface area contributed by atoms with Crippen LogP contribution in [0.15, 0.2) is 0 Å². The second kappa shape index (κ2) is 6.74. The molecule has 0 bridgehead atoms. The molecule has 0 aromatic rings. The van der Waals surface area contributed by atoms with Crippen molar-refractivity contribution in [3.05, 3.63) is 0 Å². The number of halogens is 3. The van der Waals surface area contributed by atoms with E-state index in [4.69, 9.17) is 10.8 Å². The topological polar surface area (TPSA) is 83.6 Å². The summed E-state index contributed by atoms with van der Waals surface area (Å²) in [5, 5.41) is 8.62. The van der Waals surface area contributed by atoms with Crippen LogP contribution in [-0.2, 0) is 9.59 Å². The Hall–Kier alpha value is -1.31. The van der Waals surface area contributed by atoms with E-state index in [9.17, 15) is 22.8 Å². The third-order valence-corrected chi connectivity index (χ3v) is 3.18. The summed E-state index contributed by atoms with van der Waals surface area (Å²) in [5.74, 6) is -2.35. The zero-order chi connectivity index (χ0) is 15.3. The first-order valence-electron chi connectivity index (χ1n) is 5.90. The Bertz CT molecular complexity index is 319. The molecule has 5 nitrogen and oxygen atoms in total. The van der Waals surface area contributed by atoms with Crippen molar-refractivity contribution in [2.45, 2.75) is 32.9 Å². The molecule has 19 heavy (non-hydrogen) atoms. The van der Waals surface area contributed by atoms with Gasteiger partial charge in [0.2, 0.25) is 5.91 Å². The van der Waals surface area contributed by atoms with Crippen LogP contribution in [0.2, 0.25) is 0 Å². The van der Waals surface area contributed by atoms with Gasteiger partial charge in [-0.3, -0.25) is 9.59 Å². The molecule has 0 heterocycles. The number of amides is 1. The highest BCUT2D eigenvalue weighted by Gasteiger charge is 2.41. The molecular formula is C11H19F3N2O3. The summed E-state index contributed by atoms with van der Waals surface area (Å²) in [5.41, 5.74) is 4.35. The molecule has 112 valence electrons. The first kappa shape index (κ1) is 17.7. The number of aliphatic carboxylic acids is 1. The number of carbonyl (C=O) groups is 2. The summed E-state index contributed by atoms with van der Waals surface area (Å²) < 4.78 is 37.2. The van der Waals surface area contributed by atoms with Gasteiger partial charge in [-0.15, -0.1) is 0 Å². The van der Waals surface area contributed by atoms with Gasteiger partial charge in [-0.1, -0.05) is 13.8 Å². The predicted molar refractivity (Wildman–Crippen MR) is 62.3 cm³/mol. The monoisotopic (exact) mass is 284 g/mol. The molecule has 0 unspecified atom stereocenters. The average Bonchev–Trinajstić information content (AvgIpc) is 2.28. The van der Waals surface area contributed by atoms with Gasteiger partial charge < -0.3 is 15.7 Å². The van der Waals surface area contributed by atoms with Gasteiger partial charge in [0, 0.05) is 6.54 Å². The molecule has 0 rings (SSSR count). The van der Waals surface area contributed by atoms with Crippen LogP contribution in [0.1, 0.15) is 26.7 Å². The van der Waals surface area contributed by atoms with Crippen LogP contribution < -0.4 is 5.73 Å². The van der Waals surface area contributed by atoms with Crippen molar-refractivity contribution in [3.63, 3.8) is 0 Å². The maximum absolute atomic E-state index is 12.4. The maximum Gasteiger partial charge on any atom is 0.406 e. The second-order valence-corrected chi connectivity index (χ2v) is 4.36. The molecule has 0 aliphatic rings. The molecule has 0 spiro atoms. The highest BCUT2D eigenvalue weighted by molar-refractivity contribution is 5.86. The molecule has 0 aromatic heterocycles. The minimum absolute atomic E-state index is 0.118. The van der Waals surface area contributed by atoms with E-state index in [-0.39, 0.29) is 19.4 Å². The standard InChI is InChI=1S/C11H19F3N2O3/c1-3-10(4-2,6-15)9(19)16(5-8(17)18)7-11(12,13)14/h3-7,15H2,1-2H3,(H,17,18). The maximum atomic E-state index is 12.4. The zero-order valence-corrected chi connectivity index (χ0v) is 11.0. The van der Waals surface area contributed by atoms with Crippen LogP contribution in [0, 0.1) is 5.41 Å². The number of hydrogen-bond acceptors (Lipinski definition) is 3. The lowest BCUT2D eigenvalue weighted by atomic mass is 9.81. The van der Waals surface area contributed by atoms with Crippen LogP contribution in [0.25, 0.3) is 0 Å². The lowest BCUT2D eigenvalue weighted by Gasteiger charge is -2.34. The number of carboxylic acids is 1. The number of rotatable bonds is 7. The fraction of sp³-hybridized carbons (Fsp3) is 0.818. The van der Waals surface area contributed by atoms with Crippen molar-refractivity contribution in [2.24, 2.45) is 11.1 Å². The Labute approximate surface area is 109 Å². The Morgan fingerprint density at radius 3 is 1.95 bits per heavy atom. The van der Waals surface area contributed by atoms with Gasteiger partial charge in [-0.05, 0) is 12.8 Å². The van der Waals surface area contributed by atoms with Crippen LogP contribution in [0.5, 0.6) is 0 Å². The Balaban J connectivity index is 5.23. The summed E-state index contributed by atoms with van der Waals surface area (Å²) in [6, 6.07) is 0. The first-order valence-corrected chi connectivity index (χ1v) is 5.90. The fourth-order valence-corrected chi connectivity index (χ4v) is 1.84. The van der Waals surface area contributed by atoms with E-state index in [2.05, 4.69) is 0 Å². The molecule has 0 aromatic carbocycles. The van der Waals surface area contributed by atoms with E-state index < -0.39 is 36.6 Å². The average molecular weight is 284 g/mol. The number of carboxylic acid groups (broad SMARTS) is 1. The number of carbonyl (C=O) groups excluding carboxylic acids is 1. The SMILES string of the molecule is CCC(CC)(CN)C(=O)N(CC(=O)O)CC(F)(F)F. The van der Waals surface area contributed by atoms with Crippen molar-refractivity contribution in [1.29, 1.82) is 0 Å². The minimum Gasteiger partial charge on any atom is -0.480 e. The van der Waals surface area contributed by atoms with E-state index in [0.29, 0.717) is 4.90 Å². The van der Waals surface area contributed by atoms with Gasteiger partial charge in [-0.2, -0.15) is 13.2 Å². The van der Waals surface area contributed by atoms with Crippen molar-refractivity contribution in [3.8, 4) is 0 Å². The third-order valence-electron chi connectivity index (χ3n) is 3.18. The van der Waals surface area contributed by atoms with Crippen LogP contribution in [-0.4, -0.2) is 47.7 Å². The van der Waals surface area contributed by atoms with Gasteiger partial charge in [-0.25, -0.2) is 0 Å². The van der Waals surface area contributed by atoms with Gasteiger partial charge in [0.15, 0.2) is 0 Å². The van der Waals surface area contributed by atoms with Gasteiger partial charge in [0.1, 0.15) is 13.1 Å². The van der Waals surface area contributed by atoms with E-state index in [1.165, 1.54) is 0 Å². The number of alkyl halides is 3. The molecule has 0 saturated heterocycles. The molecule has 1 amide bonds. The molecule has 0 atom stereocenters. The molecule has 8 heteroatoms. The number of nitrogens with two attached hydrogens (primary N) is 1. The van der Waals surface area contributed by atoms with E-state index in [1.54, 1.807) is 13.8 Å². The Kier molecular flexibility index (Phi) is 6.28. The van der Waals surface area contributed by atoms with Crippen molar-refractivity contribution >= 4 is 11.9 Å². The summed E-state index contributed by atoms with van der Waals surface area (Å²) in [4.78, 5) is 23.1. The van der Waals surface area contributed by atoms with Gasteiger partial charge >= 0.3 is 12.1 Å². The summed E-state index contributed by atoms with van der Waals surface area (Å²) in [6.45, 7) is 0.592. The lowest BCUT2D eigenvalue weighted by molar-refractivity contribution is -0.171. The Morgan fingerprint density at radius 1 is 1.21 bits per heavy atom. The predicted octanol–water partition coefficient (Wildman–Crippen LogP) is 1.23. The summed E-state index contributed by atoms with van der Waals surface area (Å²) in [7, 11) is 0. The van der Waals surface area contributed by atoms with E-state index in [1.807, 2.05) is 0 Å². The lowest BCUT2D eigenvalue weighted by Crippen LogP contribution is -2.51. The number of nitrogens with zero attached hydrogens (tertiary/aromatic N) is 1. The highest BCUT2D eigenvalue weighted by Crippen LogP contribution is 2.29. The molecule has 3 N–H and O–H groups in total. The van der Waals surface area contributed by atoms with Gasteiger partial charge in [0.05, 0.1) is 5.41 Å². The van der Waals surface area contributed by atoms with Crippen molar-refractivity contribution < 1.29 is 27.9 Å². The fourth-order valence-electron chi connectivity index (χ4n) is 1.84. The van der Waals surface area contributed by atoms with Crippen molar-refractivity contribution in [2.75, 3.05) is 19.6 Å². The normalized spacial score (nSPS) is 12.3. The third kappa shape index (κ3) is 5.06. The first-order chi connectivity index (χ1) is 8.61. The van der Waals surface area contributed by atoms with Crippen LogP contribution >= 0.6 is 0 Å². The Morgan fingerprint density at radius 2 is 1.68 bits per heavy atom. The van der Waals surface area contributed by atoms with E-state index in [0.717, 1.165) is 0 Å². The highest BCUT2D eigenvalue weighted by atomic mass is 19.4. The quantitative estimate of drug-likeness (QED) is 0.736. The minimum atomic E-state index is -4.65. The van der Waals surface area contributed by atoms with Crippen LogP contribution in [0.4, 0.5) is 13.2 Å². The summed E-state index contributed by atoms with van der Waals surface area (Å²) >= 11 is 0. The largest absolute Gasteiger partial charge is 0.480 e.